The van der Waals surface area contributed by atoms with Crippen LogP contribution < -0.4 is 4.74 Å². The molecule has 0 saturated carbocycles. The van der Waals surface area contributed by atoms with Gasteiger partial charge in [0.15, 0.2) is 0 Å². The molecule has 1 atom stereocenters. The number of rotatable bonds is 3. The van der Waals surface area contributed by atoms with Crippen LogP contribution in [-0.2, 0) is 0 Å². The number of hydrogen-bond acceptors (Lipinski definition) is 2. The van der Waals surface area contributed by atoms with Crippen molar-refractivity contribution in [2.75, 3.05) is 0 Å². The van der Waals surface area contributed by atoms with Crippen LogP contribution in [-0.4, -0.2) is 0 Å². The summed E-state index contributed by atoms with van der Waals surface area (Å²) in [5.74, 6) is 0.631. The third kappa shape index (κ3) is 2.64. The lowest BCUT2D eigenvalue weighted by Gasteiger charge is -2.15. The number of benzene rings is 2. The van der Waals surface area contributed by atoms with Gasteiger partial charge in [0.1, 0.15) is 17.9 Å². The molecule has 17 heavy (non-hydrogen) atoms. The fourth-order valence-corrected chi connectivity index (χ4v) is 1.64. The summed E-state index contributed by atoms with van der Waals surface area (Å²) in [6, 6.07) is 19.4. The largest absolute Gasteiger partial charge is 0.485 e. The number of para-hydroxylation sites is 1. The Balaban J connectivity index is 2.19. The van der Waals surface area contributed by atoms with Crippen molar-refractivity contribution in [3.63, 3.8) is 0 Å². The van der Waals surface area contributed by atoms with E-state index in [4.69, 9.17) is 10.00 Å². The van der Waals surface area contributed by atoms with E-state index in [-0.39, 0.29) is 6.10 Å². The molecule has 2 nitrogen and oxygen atoms in total. The molecule has 0 spiro atoms. The van der Waals surface area contributed by atoms with Gasteiger partial charge in [0, 0.05) is 0 Å². The summed E-state index contributed by atoms with van der Waals surface area (Å²) in [5, 5.41) is 8.97. The van der Waals surface area contributed by atoms with Crippen molar-refractivity contribution < 1.29 is 4.74 Å². The molecule has 2 rings (SSSR count). The summed E-state index contributed by atoms with van der Waals surface area (Å²) in [5.41, 5.74) is 1.66. The van der Waals surface area contributed by atoms with Crippen molar-refractivity contribution >= 4 is 0 Å². The zero-order valence-electron chi connectivity index (χ0n) is 9.63. The van der Waals surface area contributed by atoms with Crippen LogP contribution in [0, 0.1) is 11.3 Å². The second-order valence-electron chi connectivity index (χ2n) is 3.78. The molecule has 0 N–H and O–H groups in total. The highest BCUT2D eigenvalue weighted by Crippen LogP contribution is 2.24. The average Bonchev–Trinajstić information content (AvgIpc) is 2.40. The van der Waals surface area contributed by atoms with E-state index in [0.29, 0.717) is 11.3 Å². The number of nitrogens with zero attached hydrogens (tertiary/aromatic N) is 1. The minimum absolute atomic E-state index is 0.0642. The maximum Gasteiger partial charge on any atom is 0.137 e. The van der Waals surface area contributed by atoms with Crippen LogP contribution in [0.5, 0.6) is 5.75 Å². The summed E-state index contributed by atoms with van der Waals surface area (Å²) in [6.45, 7) is 1.98. The van der Waals surface area contributed by atoms with Gasteiger partial charge in [-0.1, -0.05) is 42.5 Å². The van der Waals surface area contributed by atoms with E-state index in [9.17, 15) is 0 Å². The number of hydrogen-bond donors (Lipinski definition) is 0. The molecule has 0 fully saturated rings. The Hall–Kier alpha value is -2.27. The molecule has 0 aliphatic carbocycles. The van der Waals surface area contributed by atoms with Crippen LogP contribution in [0.25, 0.3) is 0 Å². The Kier molecular flexibility index (Phi) is 3.42. The lowest BCUT2D eigenvalue weighted by molar-refractivity contribution is 0.226. The minimum Gasteiger partial charge on any atom is -0.485 e. The normalized spacial score (nSPS) is 11.5. The molecule has 0 aliphatic rings. The van der Waals surface area contributed by atoms with Crippen LogP contribution in [0.3, 0.4) is 0 Å². The molecule has 2 aromatic rings. The van der Waals surface area contributed by atoms with E-state index in [0.717, 1.165) is 5.56 Å². The van der Waals surface area contributed by atoms with Gasteiger partial charge in [-0.05, 0) is 24.6 Å². The fourth-order valence-electron chi connectivity index (χ4n) is 1.64. The highest BCUT2D eigenvalue weighted by Gasteiger charge is 2.09. The molecule has 0 heterocycles. The van der Waals surface area contributed by atoms with Crippen LogP contribution in [0.1, 0.15) is 24.2 Å². The summed E-state index contributed by atoms with van der Waals surface area (Å²) < 4.78 is 5.80. The van der Waals surface area contributed by atoms with Gasteiger partial charge in [0.25, 0.3) is 0 Å². The molecule has 2 aromatic carbocycles. The van der Waals surface area contributed by atoms with Crippen molar-refractivity contribution in [1.82, 2.24) is 0 Å². The first-order valence-electron chi connectivity index (χ1n) is 5.52. The van der Waals surface area contributed by atoms with Crippen molar-refractivity contribution in [2.24, 2.45) is 0 Å². The lowest BCUT2D eigenvalue weighted by atomic mass is 10.1. The third-order valence-corrected chi connectivity index (χ3v) is 2.58. The van der Waals surface area contributed by atoms with Gasteiger partial charge in [-0.3, -0.25) is 0 Å². The minimum atomic E-state index is -0.0642. The molecule has 0 saturated heterocycles. The summed E-state index contributed by atoms with van der Waals surface area (Å²) in [6.07, 6.45) is -0.0642. The highest BCUT2D eigenvalue weighted by molar-refractivity contribution is 5.42. The smallest absolute Gasteiger partial charge is 0.137 e. The second-order valence-corrected chi connectivity index (χ2v) is 3.78. The summed E-state index contributed by atoms with van der Waals surface area (Å²) in [4.78, 5) is 0. The fraction of sp³-hybridized carbons (Fsp3) is 0.133. The predicted octanol–water partition coefficient (Wildman–Crippen LogP) is 3.70. The molecule has 84 valence electrons. The van der Waals surface area contributed by atoms with E-state index in [1.54, 1.807) is 6.07 Å². The first-order chi connectivity index (χ1) is 8.31. The van der Waals surface area contributed by atoms with Crippen molar-refractivity contribution in [3.8, 4) is 11.8 Å². The molecule has 2 heteroatoms. The SMILES string of the molecule is CC(Oc1ccccc1C#N)c1ccccc1. The standard InChI is InChI=1S/C15H13NO/c1-12(13-7-3-2-4-8-13)17-15-10-6-5-9-14(15)11-16/h2-10,12H,1H3. The van der Waals surface area contributed by atoms with E-state index in [2.05, 4.69) is 6.07 Å². The zero-order chi connectivity index (χ0) is 12.1. The number of ether oxygens (including phenoxy) is 1. The van der Waals surface area contributed by atoms with Gasteiger partial charge in [-0.2, -0.15) is 5.26 Å². The lowest BCUT2D eigenvalue weighted by Crippen LogP contribution is -2.03. The Morgan fingerprint density at radius 1 is 1.00 bits per heavy atom. The van der Waals surface area contributed by atoms with Gasteiger partial charge in [0.05, 0.1) is 5.56 Å². The molecule has 0 radical (unpaired) electrons. The predicted molar refractivity (Wildman–Crippen MR) is 66.6 cm³/mol. The van der Waals surface area contributed by atoms with Gasteiger partial charge >= 0.3 is 0 Å². The van der Waals surface area contributed by atoms with Crippen molar-refractivity contribution in [3.05, 3.63) is 65.7 Å². The van der Waals surface area contributed by atoms with E-state index in [1.165, 1.54) is 0 Å². The summed E-state index contributed by atoms with van der Waals surface area (Å²) >= 11 is 0. The van der Waals surface area contributed by atoms with Gasteiger partial charge in [0.2, 0.25) is 0 Å². The maximum atomic E-state index is 8.97. The monoisotopic (exact) mass is 223 g/mol. The van der Waals surface area contributed by atoms with Gasteiger partial charge in [-0.15, -0.1) is 0 Å². The maximum absolute atomic E-state index is 8.97. The molecular weight excluding hydrogens is 210 g/mol. The molecule has 1 unspecified atom stereocenters. The summed E-state index contributed by atoms with van der Waals surface area (Å²) in [7, 11) is 0. The van der Waals surface area contributed by atoms with Crippen LogP contribution >= 0.6 is 0 Å². The molecule has 0 bridgehead atoms. The molecule has 0 aromatic heterocycles. The average molecular weight is 223 g/mol. The quantitative estimate of drug-likeness (QED) is 0.794. The van der Waals surface area contributed by atoms with Crippen molar-refractivity contribution in [2.45, 2.75) is 13.0 Å². The zero-order valence-corrected chi connectivity index (χ0v) is 9.63. The van der Waals surface area contributed by atoms with Crippen LogP contribution in [0.15, 0.2) is 54.6 Å². The van der Waals surface area contributed by atoms with Crippen molar-refractivity contribution in [1.29, 1.82) is 5.26 Å². The highest BCUT2D eigenvalue weighted by atomic mass is 16.5. The molecular formula is C15H13NO. The van der Waals surface area contributed by atoms with E-state index >= 15 is 0 Å². The molecule has 0 amide bonds. The Labute approximate surface area is 101 Å². The van der Waals surface area contributed by atoms with Crippen LogP contribution in [0.2, 0.25) is 0 Å². The van der Waals surface area contributed by atoms with Gasteiger partial charge < -0.3 is 4.74 Å². The first kappa shape index (κ1) is 11.2. The topological polar surface area (TPSA) is 33.0 Å². The Morgan fingerprint density at radius 3 is 2.35 bits per heavy atom. The van der Waals surface area contributed by atoms with Crippen LogP contribution in [0.4, 0.5) is 0 Å². The molecule has 0 aliphatic heterocycles. The third-order valence-electron chi connectivity index (χ3n) is 2.58. The van der Waals surface area contributed by atoms with Gasteiger partial charge in [-0.25, -0.2) is 0 Å². The first-order valence-corrected chi connectivity index (χ1v) is 5.52. The second kappa shape index (κ2) is 5.18. The Morgan fingerprint density at radius 2 is 1.65 bits per heavy atom. The number of nitriles is 1. The van der Waals surface area contributed by atoms with E-state index < -0.39 is 0 Å². The Bertz CT molecular complexity index is 528. The van der Waals surface area contributed by atoms with E-state index in [1.807, 2.05) is 55.5 Å².